The molecule has 0 saturated carbocycles. The number of hydrogen-bond acceptors (Lipinski definition) is 7. The smallest absolute Gasteiger partial charge is 0.340 e. The highest BCUT2D eigenvalue weighted by atomic mass is 16.6. The second-order valence-electron chi connectivity index (χ2n) is 6.70. The molecule has 1 aliphatic rings. The Kier molecular flexibility index (Phi) is 6.23. The third kappa shape index (κ3) is 4.29. The zero-order valence-corrected chi connectivity index (χ0v) is 15.7. The summed E-state index contributed by atoms with van der Waals surface area (Å²) in [7, 11) is 1.24. The molecular formula is C20H23N3O5. The summed E-state index contributed by atoms with van der Waals surface area (Å²) in [6, 6.07) is 14.0. The minimum Gasteiger partial charge on any atom is -0.465 e. The van der Waals surface area contributed by atoms with Crippen molar-refractivity contribution >= 4 is 17.3 Å². The first-order valence-electron chi connectivity index (χ1n) is 9.04. The summed E-state index contributed by atoms with van der Waals surface area (Å²) in [5, 5.41) is 21.0. The molecule has 1 atom stereocenters. The van der Waals surface area contributed by atoms with Crippen LogP contribution in [0.4, 0.5) is 11.4 Å². The van der Waals surface area contributed by atoms with Gasteiger partial charge in [-0.3, -0.25) is 15.0 Å². The number of non-ortho nitro benzene ring substituents is 1. The van der Waals surface area contributed by atoms with Crippen molar-refractivity contribution in [2.75, 3.05) is 38.3 Å². The fourth-order valence-corrected chi connectivity index (χ4v) is 3.54. The van der Waals surface area contributed by atoms with E-state index in [1.807, 2.05) is 23.1 Å². The third-order valence-corrected chi connectivity index (χ3v) is 4.93. The molecule has 2 aromatic rings. The highest BCUT2D eigenvalue weighted by Gasteiger charge is 2.30. The molecule has 0 spiro atoms. The Labute approximate surface area is 163 Å². The van der Waals surface area contributed by atoms with Gasteiger partial charge >= 0.3 is 5.97 Å². The van der Waals surface area contributed by atoms with Crippen molar-refractivity contribution < 1.29 is 19.6 Å². The number of piperazine rings is 1. The Morgan fingerprint density at radius 3 is 2.64 bits per heavy atom. The van der Waals surface area contributed by atoms with Gasteiger partial charge in [-0.2, -0.15) is 0 Å². The molecular weight excluding hydrogens is 362 g/mol. The van der Waals surface area contributed by atoms with Crippen LogP contribution >= 0.6 is 0 Å². The van der Waals surface area contributed by atoms with Crippen LogP contribution in [0.25, 0.3) is 0 Å². The van der Waals surface area contributed by atoms with E-state index in [4.69, 9.17) is 4.74 Å². The van der Waals surface area contributed by atoms with E-state index in [1.165, 1.54) is 24.8 Å². The number of ether oxygens (including phenoxy) is 1. The number of carbonyl (C=O) groups excluding carboxylic acids is 1. The molecule has 1 N–H and O–H groups in total. The lowest BCUT2D eigenvalue weighted by molar-refractivity contribution is -0.384. The number of benzene rings is 2. The van der Waals surface area contributed by atoms with Crippen LogP contribution in [0.5, 0.6) is 0 Å². The Balaban J connectivity index is 1.83. The standard InChI is InChI=1S/C20H23N3O5/c1-28-20(25)18-11-16(23(26)27)7-8-19(18)22-10-9-21(13-17(22)14-24)12-15-5-3-2-4-6-15/h2-8,11,17,24H,9-10,12-14H2,1H3. The molecule has 2 aromatic carbocycles. The summed E-state index contributed by atoms with van der Waals surface area (Å²) in [6.45, 7) is 2.62. The number of anilines is 1. The average Bonchev–Trinajstić information content (AvgIpc) is 2.73. The van der Waals surface area contributed by atoms with E-state index < -0.39 is 10.9 Å². The number of nitro groups is 1. The summed E-state index contributed by atoms with van der Waals surface area (Å²) in [5.41, 5.74) is 1.69. The van der Waals surface area contributed by atoms with Gasteiger partial charge in [0.1, 0.15) is 0 Å². The maximum Gasteiger partial charge on any atom is 0.340 e. The molecule has 28 heavy (non-hydrogen) atoms. The number of carbonyl (C=O) groups is 1. The van der Waals surface area contributed by atoms with Gasteiger partial charge in [0.25, 0.3) is 5.69 Å². The Bertz CT molecular complexity index is 843. The van der Waals surface area contributed by atoms with Crippen molar-refractivity contribution in [3.8, 4) is 0 Å². The molecule has 148 valence electrons. The van der Waals surface area contributed by atoms with Crippen LogP contribution in [0, 0.1) is 10.1 Å². The van der Waals surface area contributed by atoms with E-state index in [9.17, 15) is 20.0 Å². The van der Waals surface area contributed by atoms with E-state index >= 15 is 0 Å². The van der Waals surface area contributed by atoms with E-state index in [2.05, 4.69) is 17.0 Å². The zero-order chi connectivity index (χ0) is 20.1. The van der Waals surface area contributed by atoms with Crippen molar-refractivity contribution in [2.45, 2.75) is 12.6 Å². The SMILES string of the molecule is COC(=O)c1cc([N+](=O)[O-])ccc1N1CCN(Cc2ccccc2)CC1CO. The second kappa shape index (κ2) is 8.81. The molecule has 1 fully saturated rings. The van der Waals surface area contributed by atoms with Crippen LogP contribution in [-0.4, -0.2) is 60.3 Å². The van der Waals surface area contributed by atoms with Gasteiger partial charge < -0.3 is 14.7 Å². The van der Waals surface area contributed by atoms with Gasteiger partial charge in [0.15, 0.2) is 0 Å². The molecule has 0 bridgehead atoms. The molecule has 0 amide bonds. The van der Waals surface area contributed by atoms with Crippen LogP contribution in [-0.2, 0) is 11.3 Å². The molecule has 3 rings (SSSR count). The van der Waals surface area contributed by atoms with Crippen LogP contribution in [0.15, 0.2) is 48.5 Å². The lowest BCUT2D eigenvalue weighted by Gasteiger charge is -2.42. The highest BCUT2D eigenvalue weighted by Crippen LogP contribution is 2.29. The van der Waals surface area contributed by atoms with Crippen molar-refractivity contribution in [3.63, 3.8) is 0 Å². The van der Waals surface area contributed by atoms with Crippen molar-refractivity contribution in [2.24, 2.45) is 0 Å². The molecule has 1 aliphatic heterocycles. The summed E-state index contributed by atoms with van der Waals surface area (Å²) in [6.07, 6.45) is 0. The Morgan fingerprint density at radius 1 is 1.25 bits per heavy atom. The molecule has 1 heterocycles. The van der Waals surface area contributed by atoms with Crippen molar-refractivity contribution in [3.05, 3.63) is 69.8 Å². The van der Waals surface area contributed by atoms with Gasteiger partial charge in [0, 0.05) is 38.3 Å². The molecule has 8 heteroatoms. The van der Waals surface area contributed by atoms with E-state index in [1.54, 1.807) is 6.07 Å². The number of nitrogens with zero attached hydrogens (tertiary/aromatic N) is 3. The normalized spacial score (nSPS) is 17.4. The number of methoxy groups -OCH3 is 1. The first-order valence-corrected chi connectivity index (χ1v) is 9.04. The predicted octanol–water partition coefficient (Wildman–Crippen LogP) is 2.06. The molecule has 0 radical (unpaired) electrons. The molecule has 1 unspecified atom stereocenters. The average molecular weight is 385 g/mol. The van der Waals surface area contributed by atoms with Gasteiger partial charge in [0.2, 0.25) is 0 Å². The fourth-order valence-electron chi connectivity index (χ4n) is 3.54. The molecule has 0 aromatic heterocycles. The van der Waals surface area contributed by atoms with Crippen LogP contribution in [0.2, 0.25) is 0 Å². The minimum absolute atomic E-state index is 0.0944. The number of aliphatic hydroxyl groups excluding tert-OH is 1. The minimum atomic E-state index is -0.637. The number of rotatable bonds is 6. The summed E-state index contributed by atoms with van der Waals surface area (Å²) < 4.78 is 4.81. The third-order valence-electron chi connectivity index (χ3n) is 4.93. The van der Waals surface area contributed by atoms with Crippen LogP contribution < -0.4 is 4.90 Å². The first kappa shape index (κ1) is 19.8. The largest absolute Gasteiger partial charge is 0.465 e. The van der Waals surface area contributed by atoms with Crippen molar-refractivity contribution in [1.82, 2.24) is 4.90 Å². The monoisotopic (exact) mass is 385 g/mol. The fraction of sp³-hybridized carbons (Fsp3) is 0.350. The van der Waals surface area contributed by atoms with Crippen LogP contribution in [0.3, 0.4) is 0 Å². The highest BCUT2D eigenvalue weighted by molar-refractivity contribution is 5.96. The van der Waals surface area contributed by atoms with Gasteiger partial charge in [-0.15, -0.1) is 0 Å². The van der Waals surface area contributed by atoms with Crippen molar-refractivity contribution in [1.29, 1.82) is 0 Å². The topological polar surface area (TPSA) is 96.1 Å². The summed E-state index contributed by atoms with van der Waals surface area (Å²) in [5.74, 6) is -0.637. The first-order chi connectivity index (χ1) is 13.5. The van der Waals surface area contributed by atoms with Gasteiger partial charge in [0.05, 0.1) is 35.9 Å². The van der Waals surface area contributed by atoms with Gasteiger partial charge in [-0.1, -0.05) is 30.3 Å². The van der Waals surface area contributed by atoms with E-state index in [-0.39, 0.29) is 23.9 Å². The predicted molar refractivity (Wildman–Crippen MR) is 104 cm³/mol. The summed E-state index contributed by atoms with van der Waals surface area (Å²) >= 11 is 0. The molecule has 0 aliphatic carbocycles. The lowest BCUT2D eigenvalue weighted by Crippen LogP contribution is -2.54. The maximum absolute atomic E-state index is 12.2. The Hall–Kier alpha value is -2.97. The number of nitro benzene ring substituents is 1. The number of aliphatic hydroxyl groups is 1. The number of esters is 1. The van der Waals surface area contributed by atoms with Gasteiger partial charge in [-0.05, 0) is 11.6 Å². The van der Waals surface area contributed by atoms with E-state index in [0.29, 0.717) is 18.8 Å². The second-order valence-corrected chi connectivity index (χ2v) is 6.70. The number of hydrogen-bond donors (Lipinski definition) is 1. The molecule has 1 saturated heterocycles. The molecule has 8 nitrogen and oxygen atoms in total. The Morgan fingerprint density at radius 2 is 2.00 bits per heavy atom. The van der Waals surface area contributed by atoms with Gasteiger partial charge in [-0.25, -0.2) is 4.79 Å². The quantitative estimate of drug-likeness (QED) is 0.462. The van der Waals surface area contributed by atoms with Crippen LogP contribution in [0.1, 0.15) is 15.9 Å². The maximum atomic E-state index is 12.2. The summed E-state index contributed by atoms with van der Waals surface area (Å²) in [4.78, 5) is 26.9. The lowest BCUT2D eigenvalue weighted by atomic mass is 10.1. The zero-order valence-electron chi connectivity index (χ0n) is 15.7. The van der Waals surface area contributed by atoms with E-state index in [0.717, 1.165) is 13.1 Å².